The van der Waals surface area contributed by atoms with Gasteiger partial charge in [-0.1, -0.05) is 92.3 Å². The molecule has 0 aliphatic heterocycles. The number of aromatic nitrogens is 6. The van der Waals surface area contributed by atoms with Crippen LogP contribution in [0.3, 0.4) is 0 Å². The van der Waals surface area contributed by atoms with Crippen molar-refractivity contribution in [1.82, 2.24) is 30.1 Å². The monoisotopic (exact) mass is 486 g/mol. The van der Waals surface area contributed by atoms with E-state index in [1.165, 1.54) is 17.3 Å². The van der Waals surface area contributed by atoms with E-state index in [9.17, 15) is 0 Å². The Kier molecular flexibility index (Phi) is 6.02. The highest BCUT2D eigenvalue weighted by Crippen LogP contribution is 2.34. The van der Waals surface area contributed by atoms with Gasteiger partial charge in [0.2, 0.25) is 5.89 Å². The molecule has 0 fully saturated rings. The summed E-state index contributed by atoms with van der Waals surface area (Å²) < 4.78 is 13.4. The number of hydrogen-bond donors (Lipinski definition) is 0. The summed E-state index contributed by atoms with van der Waals surface area (Å²) in [5, 5.41) is 22.2. The first kappa shape index (κ1) is 23.0. The Morgan fingerprint density at radius 3 is 2.34 bits per heavy atom. The smallest absolute Gasteiger partial charge is 0.253 e. The molecule has 5 rings (SSSR count). The number of aryl methyl sites for hydroxylation is 1. The standard InChI is InChI=1S/C26H26N6O2S/c1-16-21(22(31-34-16)17-9-7-6-8-10-17)24-29-27-20(33-24)15-35-25-30-28-23(32(25)5)18-11-13-19(14-12-18)26(2,3)4/h6-14H,15H2,1-5H3. The highest BCUT2D eigenvalue weighted by Gasteiger charge is 2.22. The summed E-state index contributed by atoms with van der Waals surface area (Å²) in [4.78, 5) is 0. The van der Waals surface area contributed by atoms with Crippen molar-refractivity contribution >= 4 is 11.8 Å². The highest BCUT2D eigenvalue weighted by molar-refractivity contribution is 7.98. The van der Waals surface area contributed by atoms with Crippen LogP contribution in [0.25, 0.3) is 34.1 Å². The van der Waals surface area contributed by atoms with Gasteiger partial charge in [-0.25, -0.2) is 0 Å². The molecule has 0 unspecified atom stereocenters. The Balaban J connectivity index is 1.32. The van der Waals surface area contributed by atoms with Crippen LogP contribution in [0.2, 0.25) is 0 Å². The molecule has 3 heterocycles. The van der Waals surface area contributed by atoms with Gasteiger partial charge >= 0.3 is 0 Å². The number of thioether (sulfide) groups is 1. The quantitative estimate of drug-likeness (QED) is 0.266. The predicted molar refractivity (Wildman–Crippen MR) is 135 cm³/mol. The molecule has 0 spiro atoms. The maximum atomic E-state index is 5.97. The third-order valence-electron chi connectivity index (χ3n) is 5.76. The van der Waals surface area contributed by atoms with Crippen LogP contribution in [-0.4, -0.2) is 30.1 Å². The zero-order valence-electron chi connectivity index (χ0n) is 20.3. The fourth-order valence-corrected chi connectivity index (χ4v) is 4.52. The lowest BCUT2D eigenvalue weighted by Crippen LogP contribution is -2.10. The predicted octanol–water partition coefficient (Wildman–Crippen LogP) is 6.09. The van der Waals surface area contributed by atoms with Gasteiger partial charge in [0.25, 0.3) is 5.89 Å². The van der Waals surface area contributed by atoms with E-state index in [1.807, 2.05) is 48.9 Å². The SMILES string of the molecule is Cc1onc(-c2ccccc2)c1-c1nnc(CSc2nnc(-c3ccc(C(C)(C)C)cc3)n2C)o1. The molecule has 3 aromatic heterocycles. The normalized spacial score (nSPS) is 11.8. The van der Waals surface area contributed by atoms with Crippen LogP contribution in [0.1, 0.15) is 38.0 Å². The summed E-state index contributed by atoms with van der Waals surface area (Å²) in [5.41, 5.74) is 4.73. The van der Waals surface area contributed by atoms with Crippen LogP contribution in [0.4, 0.5) is 0 Å². The summed E-state index contributed by atoms with van der Waals surface area (Å²) >= 11 is 1.49. The zero-order valence-corrected chi connectivity index (χ0v) is 21.1. The Morgan fingerprint density at radius 1 is 0.886 bits per heavy atom. The number of rotatable bonds is 6. The van der Waals surface area contributed by atoms with Gasteiger partial charge in [0.05, 0.1) is 5.75 Å². The lowest BCUT2D eigenvalue weighted by atomic mass is 9.87. The largest absolute Gasteiger partial charge is 0.420 e. The highest BCUT2D eigenvalue weighted by atomic mass is 32.2. The van der Waals surface area contributed by atoms with Crippen LogP contribution in [-0.2, 0) is 18.2 Å². The molecule has 35 heavy (non-hydrogen) atoms. The Bertz CT molecular complexity index is 1450. The zero-order chi connectivity index (χ0) is 24.6. The van der Waals surface area contributed by atoms with Gasteiger partial charge in [-0.3, -0.25) is 0 Å². The molecule has 8 nitrogen and oxygen atoms in total. The molecule has 2 aromatic carbocycles. The number of benzene rings is 2. The first-order valence-electron chi connectivity index (χ1n) is 11.3. The number of nitrogens with zero attached hydrogens (tertiary/aromatic N) is 6. The van der Waals surface area contributed by atoms with Crippen molar-refractivity contribution in [3.05, 3.63) is 71.8 Å². The van der Waals surface area contributed by atoms with Crippen LogP contribution in [0.5, 0.6) is 0 Å². The molecule has 0 bridgehead atoms. The van der Waals surface area contributed by atoms with Crippen molar-refractivity contribution in [1.29, 1.82) is 0 Å². The lowest BCUT2D eigenvalue weighted by Gasteiger charge is -2.19. The van der Waals surface area contributed by atoms with Crippen molar-refractivity contribution in [2.45, 2.75) is 44.0 Å². The summed E-state index contributed by atoms with van der Waals surface area (Å²) in [6.45, 7) is 8.45. The molecule has 0 amide bonds. The molecule has 0 saturated heterocycles. The third kappa shape index (κ3) is 4.64. The molecule has 0 saturated carbocycles. The van der Waals surface area contributed by atoms with E-state index < -0.39 is 0 Å². The summed E-state index contributed by atoms with van der Waals surface area (Å²) in [5.74, 6) is 2.78. The fraction of sp³-hybridized carbons (Fsp3) is 0.269. The first-order chi connectivity index (χ1) is 16.8. The van der Waals surface area contributed by atoms with E-state index in [0.717, 1.165) is 22.1 Å². The van der Waals surface area contributed by atoms with Gasteiger partial charge in [-0.15, -0.1) is 20.4 Å². The molecule has 9 heteroatoms. The second-order valence-electron chi connectivity index (χ2n) is 9.31. The van der Waals surface area contributed by atoms with Gasteiger partial charge in [-0.05, 0) is 17.9 Å². The summed E-state index contributed by atoms with van der Waals surface area (Å²) in [6, 6.07) is 18.3. The molecule has 178 valence electrons. The molecule has 0 aliphatic rings. The van der Waals surface area contributed by atoms with Crippen LogP contribution in [0.15, 0.2) is 68.7 Å². The molecular weight excluding hydrogens is 460 g/mol. The maximum Gasteiger partial charge on any atom is 0.253 e. The molecule has 5 aromatic rings. The minimum atomic E-state index is 0.106. The third-order valence-corrected chi connectivity index (χ3v) is 6.76. The van der Waals surface area contributed by atoms with Gasteiger partial charge in [0.15, 0.2) is 11.0 Å². The summed E-state index contributed by atoms with van der Waals surface area (Å²) in [7, 11) is 1.96. The van der Waals surface area contributed by atoms with Gasteiger partial charge < -0.3 is 13.5 Å². The van der Waals surface area contributed by atoms with Gasteiger partial charge in [-0.2, -0.15) is 0 Å². The van der Waals surface area contributed by atoms with E-state index in [0.29, 0.717) is 34.6 Å². The van der Waals surface area contributed by atoms with Crippen molar-refractivity contribution in [2.24, 2.45) is 7.05 Å². The molecule has 0 aliphatic carbocycles. The minimum absolute atomic E-state index is 0.106. The maximum absolute atomic E-state index is 5.97. The molecule has 0 atom stereocenters. The topological polar surface area (TPSA) is 95.7 Å². The number of hydrogen-bond acceptors (Lipinski definition) is 8. The van der Waals surface area contributed by atoms with Crippen molar-refractivity contribution in [2.75, 3.05) is 0 Å². The Labute approximate surface area is 207 Å². The molecular formula is C26H26N6O2S. The molecule has 0 radical (unpaired) electrons. The van der Waals surface area contributed by atoms with Crippen molar-refractivity contribution in [3.8, 4) is 34.1 Å². The van der Waals surface area contributed by atoms with Crippen molar-refractivity contribution in [3.63, 3.8) is 0 Å². The Hall–Kier alpha value is -3.72. The Morgan fingerprint density at radius 2 is 1.63 bits per heavy atom. The van der Waals surface area contributed by atoms with Crippen LogP contribution < -0.4 is 0 Å². The van der Waals surface area contributed by atoms with Crippen LogP contribution in [0, 0.1) is 6.92 Å². The second-order valence-corrected chi connectivity index (χ2v) is 10.3. The van der Waals surface area contributed by atoms with E-state index in [4.69, 9.17) is 8.94 Å². The van der Waals surface area contributed by atoms with Gasteiger partial charge in [0, 0.05) is 18.2 Å². The van der Waals surface area contributed by atoms with E-state index >= 15 is 0 Å². The van der Waals surface area contributed by atoms with Gasteiger partial charge in [0.1, 0.15) is 17.0 Å². The van der Waals surface area contributed by atoms with E-state index in [1.54, 1.807) is 0 Å². The average molecular weight is 487 g/mol. The average Bonchev–Trinajstić information content (AvgIpc) is 3.56. The molecule has 0 N–H and O–H groups in total. The van der Waals surface area contributed by atoms with Crippen LogP contribution >= 0.6 is 11.8 Å². The summed E-state index contributed by atoms with van der Waals surface area (Å²) in [6.07, 6.45) is 0. The van der Waals surface area contributed by atoms with E-state index in [-0.39, 0.29) is 5.41 Å². The van der Waals surface area contributed by atoms with E-state index in [2.05, 4.69) is 70.6 Å². The minimum Gasteiger partial charge on any atom is -0.420 e. The fourth-order valence-electron chi connectivity index (χ4n) is 3.77. The van der Waals surface area contributed by atoms with Crippen molar-refractivity contribution < 1.29 is 8.94 Å². The second kappa shape index (κ2) is 9.14. The lowest BCUT2D eigenvalue weighted by molar-refractivity contribution is 0.399. The first-order valence-corrected chi connectivity index (χ1v) is 12.3.